The Kier molecular flexibility index (Phi) is 4.44. The van der Waals surface area contributed by atoms with Gasteiger partial charge < -0.3 is 16.2 Å². The molecule has 0 aliphatic heterocycles. The summed E-state index contributed by atoms with van der Waals surface area (Å²) in [6.45, 7) is 1.87. The number of nitrogen functional groups attached to an aromatic ring is 1. The van der Waals surface area contributed by atoms with E-state index in [0.717, 1.165) is 5.56 Å². The normalized spacial score (nSPS) is 12.1. The zero-order chi connectivity index (χ0) is 15.4. The molecule has 1 aromatic carbocycles. The van der Waals surface area contributed by atoms with E-state index in [1.807, 2.05) is 30.3 Å². The van der Waals surface area contributed by atoms with Crippen molar-refractivity contribution in [2.24, 2.45) is 0 Å². The second kappa shape index (κ2) is 6.27. The van der Waals surface area contributed by atoms with Gasteiger partial charge in [-0.05, 0) is 12.5 Å². The van der Waals surface area contributed by atoms with Crippen molar-refractivity contribution in [1.29, 1.82) is 0 Å². The van der Waals surface area contributed by atoms with Crippen molar-refractivity contribution in [3.05, 3.63) is 56.7 Å². The lowest BCUT2D eigenvalue weighted by Gasteiger charge is -2.19. The molecule has 7 nitrogen and oxygen atoms in total. The van der Waals surface area contributed by atoms with Gasteiger partial charge in [0, 0.05) is 6.54 Å². The quantitative estimate of drug-likeness (QED) is 0.632. The number of aliphatic hydroxyl groups is 1. The van der Waals surface area contributed by atoms with E-state index in [-0.39, 0.29) is 18.1 Å². The van der Waals surface area contributed by atoms with Gasteiger partial charge in [0.25, 0.3) is 5.56 Å². The minimum absolute atomic E-state index is 0.0561. The Hall–Kier alpha value is -2.54. The van der Waals surface area contributed by atoms with Crippen LogP contribution in [-0.2, 0) is 6.54 Å². The van der Waals surface area contributed by atoms with E-state index in [1.165, 1.54) is 4.57 Å². The minimum atomic E-state index is -0.600. The first-order valence-electron chi connectivity index (χ1n) is 6.63. The molecule has 0 saturated heterocycles. The van der Waals surface area contributed by atoms with E-state index in [2.05, 4.69) is 10.3 Å². The molecule has 0 aliphatic carbocycles. The monoisotopic (exact) mass is 290 g/mol. The van der Waals surface area contributed by atoms with Crippen LogP contribution in [0.15, 0.2) is 39.9 Å². The molecule has 1 heterocycles. The predicted octanol–water partition coefficient (Wildman–Crippen LogP) is 0.284. The van der Waals surface area contributed by atoms with E-state index in [0.29, 0.717) is 6.54 Å². The number of nitrogens with one attached hydrogen (secondary N) is 2. The van der Waals surface area contributed by atoms with Gasteiger partial charge in [0.1, 0.15) is 11.5 Å². The highest BCUT2D eigenvalue weighted by atomic mass is 16.3. The summed E-state index contributed by atoms with van der Waals surface area (Å²) in [5.41, 5.74) is 5.62. The van der Waals surface area contributed by atoms with E-state index in [9.17, 15) is 14.7 Å². The minimum Gasteiger partial charge on any atom is -0.394 e. The Morgan fingerprint density at radius 1 is 1.33 bits per heavy atom. The van der Waals surface area contributed by atoms with Crippen LogP contribution in [0.4, 0.5) is 11.5 Å². The summed E-state index contributed by atoms with van der Waals surface area (Å²) >= 11 is 0. The molecule has 2 rings (SSSR count). The average Bonchev–Trinajstić information content (AvgIpc) is 2.48. The van der Waals surface area contributed by atoms with Crippen molar-refractivity contribution in [3.8, 4) is 0 Å². The lowest BCUT2D eigenvalue weighted by atomic mass is 10.1. The van der Waals surface area contributed by atoms with Crippen LogP contribution in [0.3, 0.4) is 0 Å². The first kappa shape index (κ1) is 14.9. The van der Waals surface area contributed by atoms with Gasteiger partial charge in [0.2, 0.25) is 0 Å². The lowest BCUT2D eigenvalue weighted by molar-refractivity contribution is 0.276. The van der Waals surface area contributed by atoms with E-state index in [4.69, 9.17) is 5.73 Å². The van der Waals surface area contributed by atoms with Crippen molar-refractivity contribution in [2.75, 3.05) is 17.7 Å². The van der Waals surface area contributed by atoms with Gasteiger partial charge in [-0.25, -0.2) is 4.79 Å². The maximum atomic E-state index is 11.9. The van der Waals surface area contributed by atoms with Crippen LogP contribution in [-0.4, -0.2) is 21.3 Å². The number of H-pyrrole nitrogens is 1. The topological polar surface area (TPSA) is 113 Å². The fourth-order valence-corrected chi connectivity index (χ4v) is 2.14. The van der Waals surface area contributed by atoms with Crippen LogP contribution in [0.25, 0.3) is 0 Å². The molecule has 0 saturated carbocycles. The summed E-state index contributed by atoms with van der Waals surface area (Å²) in [7, 11) is 0. The molecule has 0 aliphatic rings. The highest BCUT2D eigenvalue weighted by molar-refractivity contribution is 5.61. The standard InChI is InChI=1S/C14H18N4O3/c1-2-18-12(15)11(13(20)17-14(18)21)16-10(8-19)9-6-4-3-5-7-9/h3-7,10,16,19H,2,8,15H2,1H3,(H,17,20,21). The molecule has 0 spiro atoms. The Bertz CT molecular complexity index is 721. The number of anilines is 2. The smallest absolute Gasteiger partial charge is 0.330 e. The van der Waals surface area contributed by atoms with E-state index >= 15 is 0 Å². The Morgan fingerprint density at radius 3 is 2.57 bits per heavy atom. The van der Waals surface area contributed by atoms with Crippen molar-refractivity contribution >= 4 is 11.5 Å². The number of benzene rings is 1. The molecule has 1 unspecified atom stereocenters. The van der Waals surface area contributed by atoms with Crippen LogP contribution >= 0.6 is 0 Å². The van der Waals surface area contributed by atoms with Crippen LogP contribution in [0.2, 0.25) is 0 Å². The maximum Gasteiger partial charge on any atom is 0.330 e. The Labute approximate surface area is 121 Å². The largest absolute Gasteiger partial charge is 0.394 e. The summed E-state index contributed by atoms with van der Waals surface area (Å²) in [5.74, 6) is 0.0561. The van der Waals surface area contributed by atoms with Gasteiger partial charge in [0.05, 0.1) is 12.6 Å². The number of aliphatic hydroxyl groups excluding tert-OH is 1. The first-order valence-corrected chi connectivity index (χ1v) is 6.63. The number of nitrogens with zero attached hydrogens (tertiary/aromatic N) is 1. The molecule has 112 valence electrons. The van der Waals surface area contributed by atoms with Crippen molar-refractivity contribution in [2.45, 2.75) is 19.5 Å². The Morgan fingerprint density at radius 2 is 2.00 bits per heavy atom. The summed E-state index contributed by atoms with van der Waals surface area (Å²) in [5, 5.41) is 12.4. The number of nitrogens with two attached hydrogens (primary N) is 1. The third-order valence-corrected chi connectivity index (χ3v) is 3.26. The molecule has 0 amide bonds. The van der Waals surface area contributed by atoms with Gasteiger partial charge in [0.15, 0.2) is 0 Å². The number of aromatic amines is 1. The van der Waals surface area contributed by atoms with Gasteiger partial charge >= 0.3 is 5.69 Å². The third-order valence-electron chi connectivity index (χ3n) is 3.26. The van der Waals surface area contributed by atoms with Crippen molar-refractivity contribution in [1.82, 2.24) is 9.55 Å². The first-order chi connectivity index (χ1) is 10.1. The summed E-state index contributed by atoms with van der Waals surface area (Å²) in [6.07, 6.45) is 0. The van der Waals surface area contributed by atoms with Crippen LogP contribution < -0.4 is 22.3 Å². The Balaban J connectivity index is 2.43. The van der Waals surface area contributed by atoms with Crippen LogP contribution in [0.5, 0.6) is 0 Å². The zero-order valence-corrected chi connectivity index (χ0v) is 11.7. The van der Waals surface area contributed by atoms with Gasteiger partial charge in [-0.2, -0.15) is 0 Å². The molecular weight excluding hydrogens is 272 g/mol. The molecule has 1 aromatic heterocycles. The summed E-state index contributed by atoms with van der Waals surface area (Å²) in [6, 6.07) is 8.69. The summed E-state index contributed by atoms with van der Waals surface area (Å²) < 4.78 is 1.25. The number of hydrogen-bond donors (Lipinski definition) is 4. The fraction of sp³-hybridized carbons (Fsp3) is 0.286. The molecule has 1 atom stereocenters. The van der Waals surface area contributed by atoms with Crippen molar-refractivity contribution < 1.29 is 5.11 Å². The van der Waals surface area contributed by atoms with Gasteiger partial charge in [-0.3, -0.25) is 14.3 Å². The maximum absolute atomic E-state index is 11.9. The van der Waals surface area contributed by atoms with Gasteiger partial charge in [-0.15, -0.1) is 0 Å². The third kappa shape index (κ3) is 2.97. The van der Waals surface area contributed by atoms with Gasteiger partial charge in [-0.1, -0.05) is 30.3 Å². The molecule has 5 N–H and O–H groups in total. The predicted molar refractivity (Wildman–Crippen MR) is 81.3 cm³/mol. The molecule has 2 aromatic rings. The number of aromatic nitrogens is 2. The van der Waals surface area contributed by atoms with Crippen LogP contribution in [0, 0.1) is 0 Å². The molecule has 21 heavy (non-hydrogen) atoms. The fourth-order valence-electron chi connectivity index (χ4n) is 2.14. The molecule has 0 bridgehead atoms. The SMILES string of the molecule is CCn1c(N)c(NC(CO)c2ccccc2)c(=O)[nH]c1=O. The number of rotatable bonds is 5. The molecule has 7 heteroatoms. The molecule has 0 fully saturated rings. The lowest BCUT2D eigenvalue weighted by Crippen LogP contribution is -2.34. The zero-order valence-electron chi connectivity index (χ0n) is 11.7. The summed E-state index contributed by atoms with van der Waals surface area (Å²) in [4.78, 5) is 25.7. The second-order valence-corrected chi connectivity index (χ2v) is 4.55. The average molecular weight is 290 g/mol. The number of hydrogen-bond acceptors (Lipinski definition) is 5. The molecular formula is C14H18N4O3. The van der Waals surface area contributed by atoms with E-state index in [1.54, 1.807) is 6.92 Å². The highest BCUT2D eigenvalue weighted by Crippen LogP contribution is 2.19. The van der Waals surface area contributed by atoms with Crippen molar-refractivity contribution in [3.63, 3.8) is 0 Å². The van der Waals surface area contributed by atoms with Crippen LogP contribution in [0.1, 0.15) is 18.5 Å². The van der Waals surface area contributed by atoms with E-state index < -0.39 is 17.3 Å². The second-order valence-electron chi connectivity index (χ2n) is 4.55. The highest BCUT2D eigenvalue weighted by Gasteiger charge is 2.16. The molecule has 0 radical (unpaired) electrons.